The van der Waals surface area contributed by atoms with Gasteiger partial charge in [-0.05, 0) is 27.2 Å². The number of carbonyl (C=O) groups excluding carboxylic acids is 1. The van der Waals surface area contributed by atoms with Gasteiger partial charge in [-0.15, -0.1) is 0 Å². The molecule has 0 aliphatic carbocycles. The first-order valence-corrected chi connectivity index (χ1v) is 8.42. The van der Waals surface area contributed by atoms with Crippen molar-refractivity contribution in [1.82, 2.24) is 10.6 Å². The van der Waals surface area contributed by atoms with E-state index < -0.39 is 27.8 Å². The summed E-state index contributed by atoms with van der Waals surface area (Å²) >= 11 is 0. The summed E-state index contributed by atoms with van der Waals surface area (Å²) in [6, 6.07) is -1.17. The fourth-order valence-corrected chi connectivity index (χ4v) is 2.07. The summed E-state index contributed by atoms with van der Waals surface area (Å²) < 4.78 is 22.0. The number of nitrogens with one attached hydrogen (secondary N) is 2. The van der Waals surface area contributed by atoms with Crippen molar-refractivity contribution in [3.8, 4) is 0 Å². The van der Waals surface area contributed by atoms with E-state index in [9.17, 15) is 18.0 Å². The Labute approximate surface area is 120 Å². The Bertz CT molecular complexity index is 439. The highest BCUT2D eigenvalue weighted by molar-refractivity contribution is 7.90. The van der Waals surface area contributed by atoms with Gasteiger partial charge in [0, 0.05) is 24.8 Å². The first-order valence-electron chi connectivity index (χ1n) is 6.35. The number of carboxylic acid groups (broad SMARTS) is 1. The predicted octanol–water partition coefficient (Wildman–Crippen LogP) is -0.231. The number of hydrogen-bond acceptors (Lipinski definition) is 5. The molecule has 0 aromatic rings. The van der Waals surface area contributed by atoms with Crippen molar-refractivity contribution in [2.45, 2.75) is 45.2 Å². The van der Waals surface area contributed by atoms with Crippen LogP contribution in [0.25, 0.3) is 0 Å². The number of amides is 1. The molecule has 0 spiro atoms. The van der Waals surface area contributed by atoms with Crippen LogP contribution in [0, 0.1) is 0 Å². The highest BCUT2D eigenvalue weighted by Gasteiger charge is 2.21. The number of hydrogen-bond donors (Lipinski definition) is 3. The number of sulfone groups is 1. The minimum absolute atomic E-state index is 0.122. The van der Waals surface area contributed by atoms with Crippen molar-refractivity contribution in [3.05, 3.63) is 0 Å². The number of rotatable bonds is 8. The number of carbonyl (C=O) groups is 2. The van der Waals surface area contributed by atoms with Crippen LogP contribution in [0.4, 0.5) is 0 Å². The van der Waals surface area contributed by atoms with Crippen LogP contribution in [0.1, 0.15) is 33.6 Å². The van der Waals surface area contributed by atoms with Gasteiger partial charge in [-0.2, -0.15) is 0 Å². The quantitative estimate of drug-likeness (QED) is 0.571. The Morgan fingerprint density at radius 2 is 1.80 bits per heavy atom. The fourth-order valence-electron chi connectivity index (χ4n) is 1.41. The molecule has 7 nitrogen and oxygen atoms in total. The molecule has 0 aromatic carbocycles. The molecular formula is C12H24N2O5S. The molecule has 0 aromatic heterocycles. The maximum Gasteiger partial charge on any atom is 0.326 e. The zero-order valence-corrected chi connectivity index (χ0v) is 13.2. The van der Waals surface area contributed by atoms with Gasteiger partial charge >= 0.3 is 5.97 Å². The van der Waals surface area contributed by atoms with Crippen molar-refractivity contribution >= 4 is 21.7 Å². The molecule has 0 saturated heterocycles. The average molecular weight is 308 g/mol. The van der Waals surface area contributed by atoms with Crippen molar-refractivity contribution in [3.63, 3.8) is 0 Å². The van der Waals surface area contributed by atoms with Gasteiger partial charge in [0.15, 0.2) is 0 Å². The summed E-state index contributed by atoms with van der Waals surface area (Å²) in [6.45, 7) is 6.29. The standard InChI is InChI=1S/C12H24N2O5S/c1-12(2,3)13-7-5-10(15)14-9(11(16)17)6-8-20(4,18)19/h9,13H,5-8H2,1-4H3,(H,14,15)(H,16,17). The van der Waals surface area contributed by atoms with Gasteiger partial charge in [0.25, 0.3) is 0 Å². The van der Waals surface area contributed by atoms with Gasteiger partial charge in [-0.25, -0.2) is 13.2 Å². The van der Waals surface area contributed by atoms with Crippen LogP contribution in [-0.4, -0.2) is 55.5 Å². The third-order valence-corrected chi connectivity index (χ3v) is 3.40. The van der Waals surface area contributed by atoms with Crippen LogP contribution in [0.3, 0.4) is 0 Å². The lowest BCUT2D eigenvalue weighted by Crippen LogP contribution is -2.44. The molecule has 1 unspecified atom stereocenters. The van der Waals surface area contributed by atoms with Gasteiger partial charge in [0.2, 0.25) is 5.91 Å². The van der Waals surface area contributed by atoms with Gasteiger partial charge < -0.3 is 15.7 Å². The minimum atomic E-state index is -3.25. The monoisotopic (exact) mass is 308 g/mol. The molecule has 0 fully saturated rings. The fraction of sp³-hybridized carbons (Fsp3) is 0.833. The lowest BCUT2D eigenvalue weighted by atomic mass is 10.1. The van der Waals surface area contributed by atoms with E-state index in [4.69, 9.17) is 5.11 Å². The molecule has 0 aliphatic heterocycles. The van der Waals surface area contributed by atoms with Crippen molar-refractivity contribution in [1.29, 1.82) is 0 Å². The minimum Gasteiger partial charge on any atom is -0.480 e. The molecule has 0 rings (SSSR count). The lowest BCUT2D eigenvalue weighted by molar-refractivity contribution is -0.141. The van der Waals surface area contributed by atoms with Crippen LogP contribution >= 0.6 is 0 Å². The summed E-state index contributed by atoms with van der Waals surface area (Å²) in [4.78, 5) is 22.6. The van der Waals surface area contributed by atoms with Crippen molar-refractivity contribution in [2.24, 2.45) is 0 Å². The van der Waals surface area contributed by atoms with Crippen molar-refractivity contribution in [2.75, 3.05) is 18.6 Å². The van der Waals surface area contributed by atoms with E-state index in [1.165, 1.54) is 0 Å². The van der Waals surface area contributed by atoms with Gasteiger partial charge in [-0.3, -0.25) is 4.79 Å². The summed E-state index contributed by atoms with van der Waals surface area (Å²) in [6.07, 6.45) is 1.04. The third kappa shape index (κ3) is 10.7. The Morgan fingerprint density at radius 3 is 2.20 bits per heavy atom. The van der Waals surface area contributed by atoms with E-state index in [0.29, 0.717) is 6.54 Å². The Morgan fingerprint density at radius 1 is 1.25 bits per heavy atom. The molecule has 3 N–H and O–H groups in total. The summed E-state index contributed by atoms with van der Waals surface area (Å²) in [5, 5.41) is 14.4. The zero-order chi connectivity index (χ0) is 16.0. The van der Waals surface area contributed by atoms with E-state index in [2.05, 4.69) is 10.6 Å². The summed E-state index contributed by atoms with van der Waals surface area (Å²) in [7, 11) is -3.25. The molecule has 0 bridgehead atoms. The molecule has 0 aliphatic rings. The van der Waals surface area contributed by atoms with Crippen LogP contribution in [0.5, 0.6) is 0 Å². The lowest BCUT2D eigenvalue weighted by Gasteiger charge is -2.20. The normalized spacial score (nSPS) is 13.8. The van der Waals surface area contributed by atoms with E-state index >= 15 is 0 Å². The third-order valence-electron chi connectivity index (χ3n) is 2.42. The molecule has 20 heavy (non-hydrogen) atoms. The second kappa shape index (κ2) is 7.58. The predicted molar refractivity (Wildman–Crippen MR) is 76.3 cm³/mol. The molecule has 0 heterocycles. The smallest absolute Gasteiger partial charge is 0.326 e. The maximum atomic E-state index is 11.6. The largest absolute Gasteiger partial charge is 0.480 e. The highest BCUT2D eigenvalue weighted by Crippen LogP contribution is 2.00. The van der Waals surface area contributed by atoms with Crippen LogP contribution in [0.15, 0.2) is 0 Å². The number of aliphatic carboxylic acids is 1. The molecule has 1 atom stereocenters. The van der Waals surface area contributed by atoms with Crippen LogP contribution < -0.4 is 10.6 Å². The average Bonchev–Trinajstić information content (AvgIpc) is 2.20. The van der Waals surface area contributed by atoms with E-state index in [1.54, 1.807) is 0 Å². The van der Waals surface area contributed by atoms with E-state index in [1.807, 2.05) is 20.8 Å². The SMILES string of the molecule is CC(C)(C)NCCC(=O)NC(CCS(C)(=O)=O)C(=O)O. The highest BCUT2D eigenvalue weighted by atomic mass is 32.2. The van der Waals surface area contributed by atoms with Crippen molar-refractivity contribution < 1.29 is 23.1 Å². The molecule has 118 valence electrons. The molecule has 8 heteroatoms. The van der Waals surface area contributed by atoms with Gasteiger partial charge in [-0.1, -0.05) is 0 Å². The topological polar surface area (TPSA) is 113 Å². The van der Waals surface area contributed by atoms with E-state index in [0.717, 1.165) is 6.26 Å². The van der Waals surface area contributed by atoms with Gasteiger partial charge in [0.05, 0.1) is 5.75 Å². The van der Waals surface area contributed by atoms with E-state index in [-0.39, 0.29) is 24.1 Å². The maximum absolute atomic E-state index is 11.6. The van der Waals surface area contributed by atoms with Crippen LogP contribution in [-0.2, 0) is 19.4 Å². The van der Waals surface area contributed by atoms with Gasteiger partial charge in [0.1, 0.15) is 15.9 Å². The second-order valence-electron chi connectivity index (χ2n) is 5.80. The first-order chi connectivity index (χ1) is 8.91. The molecular weight excluding hydrogens is 284 g/mol. The first kappa shape index (κ1) is 18.9. The second-order valence-corrected chi connectivity index (χ2v) is 8.06. The summed E-state index contributed by atoms with van der Waals surface area (Å²) in [5.74, 6) is -1.92. The Kier molecular flexibility index (Phi) is 7.15. The zero-order valence-electron chi connectivity index (χ0n) is 12.4. The number of carboxylic acids is 1. The molecule has 0 radical (unpaired) electrons. The molecule has 1 amide bonds. The summed E-state index contributed by atoms with van der Waals surface area (Å²) in [5.41, 5.74) is -0.122. The molecule has 0 saturated carbocycles. The van der Waals surface area contributed by atoms with Crippen LogP contribution in [0.2, 0.25) is 0 Å². The Balaban J connectivity index is 4.25. The Hall–Kier alpha value is -1.15.